The van der Waals surface area contributed by atoms with Gasteiger partial charge in [0.25, 0.3) is 17.7 Å². The van der Waals surface area contributed by atoms with Crippen LogP contribution in [-0.4, -0.2) is 111 Å². The number of aromatic nitrogens is 2. The summed E-state index contributed by atoms with van der Waals surface area (Å²) in [7, 11) is 0. The number of nitrogens with zero attached hydrogens (tertiary/aromatic N) is 5. The molecule has 2 fully saturated rings. The molecular formula is C35H37F3N6O6. The third-order valence-electron chi connectivity index (χ3n) is 9.19. The quantitative estimate of drug-likeness (QED) is 0.277. The van der Waals surface area contributed by atoms with Crippen molar-refractivity contribution in [3.8, 4) is 11.3 Å². The summed E-state index contributed by atoms with van der Waals surface area (Å²) < 4.78 is 51.5. The van der Waals surface area contributed by atoms with Crippen LogP contribution in [0.3, 0.4) is 0 Å². The van der Waals surface area contributed by atoms with Gasteiger partial charge in [0.2, 0.25) is 0 Å². The van der Waals surface area contributed by atoms with Crippen molar-refractivity contribution in [2.24, 2.45) is 11.8 Å². The minimum atomic E-state index is -1.46. The Balaban J connectivity index is 1.34. The molecule has 264 valence electrons. The molecule has 2 aromatic carbocycles. The summed E-state index contributed by atoms with van der Waals surface area (Å²) in [6.45, 7) is 1.63. The van der Waals surface area contributed by atoms with Crippen molar-refractivity contribution in [3.63, 3.8) is 0 Å². The van der Waals surface area contributed by atoms with Crippen LogP contribution in [0.1, 0.15) is 24.4 Å². The van der Waals surface area contributed by atoms with E-state index >= 15 is 8.78 Å². The zero-order valence-corrected chi connectivity index (χ0v) is 27.3. The predicted molar refractivity (Wildman–Crippen MR) is 173 cm³/mol. The van der Waals surface area contributed by atoms with Crippen LogP contribution in [0.5, 0.6) is 0 Å². The molecule has 4 amide bonds. The number of likely N-dealkylation sites (tertiary alicyclic amines) is 1. The minimum absolute atomic E-state index is 0.0695. The van der Waals surface area contributed by atoms with E-state index in [1.165, 1.54) is 16.7 Å². The molecule has 0 saturated carbocycles. The zero-order valence-electron chi connectivity index (χ0n) is 27.3. The first-order valence-corrected chi connectivity index (χ1v) is 16.3. The number of alkyl halides is 1. The van der Waals surface area contributed by atoms with Crippen molar-refractivity contribution in [2.45, 2.75) is 31.8 Å². The molecule has 12 nitrogen and oxygen atoms in total. The van der Waals surface area contributed by atoms with Gasteiger partial charge in [-0.15, -0.1) is 0 Å². The molecule has 3 aromatic rings. The van der Waals surface area contributed by atoms with Crippen LogP contribution < -0.4 is 5.32 Å². The second-order valence-corrected chi connectivity index (χ2v) is 12.7. The molecule has 50 heavy (non-hydrogen) atoms. The molecule has 0 unspecified atom stereocenters. The lowest BCUT2D eigenvalue weighted by Gasteiger charge is -2.46. The van der Waals surface area contributed by atoms with Crippen molar-refractivity contribution in [1.29, 1.82) is 0 Å². The highest BCUT2D eigenvalue weighted by atomic mass is 19.1. The third-order valence-corrected chi connectivity index (χ3v) is 9.19. The molecule has 0 spiro atoms. The summed E-state index contributed by atoms with van der Waals surface area (Å²) in [5, 5.41) is 13.5. The number of imidazole rings is 1. The van der Waals surface area contributed by atoms with E-state index in [0.29, 0.717) is 0 Å². The summed E-state index contributed by atoms with van der Waals surface area (Å²) in [6, 6.07) is 11.4. The highest BCUT2D eigenvalue weighted by Crippen LogP contribution is 2.38. The molecule has 0 aliphatic carbocycles. The number of aliphatic hydroxyl groups is 1. The topological polar surface area (TPSA) is 137 Å². The van der Waals surface area contributed by atoms with E-state index in [9.17, 15) is 28.7 Å². The van der Waals surface area contributed by atoms with Gasteiger partial charge >= 0.3 is 6.09 Å². The standard InChI is InChI=1S/C35H37F3N6O6/c1-21(45)34(48)44(19-23-14-39-15-28(23)38)32(24-17-42(18-24)35(49)50-12-11-43-30(46)9-10-31(43)47)33-40-29(26-13-25(36)7-8-27(26)37)20-41(33)16-22-5-3-2-4-6-22/h2-10,13,20-21,23-24,28,32,39,45H,11-12,14-19H2,1H3/t21-,23-,28-,32+/m0/s1. The predicted octanol–water partition coefficient (Wildman–Crippen LogP) is 2.68. The Labute approximate surface area is 286 Å². The molecule has 3 aliphatic rings. The summed E-state index contributed by atoms with van der Waals surface area (Å²) in [5.41, 5.74) is 0.847. The van der Waals surface area contributed by atoms with E-state index in [0.717, 1.165) is 40.8 Å². The van der Waals surface area contributed by atoms with Crippen molar-refractivity contribution in [2.75, 3.05) is 45.9 Å². The maximum Gasteiger partial charge on any atom is 0.409 e. The van der Waals surface area contributed by atoms with Crippen molar-refractivity contribution in [3.05, 3.63) is 89.9 Å². The Hall–Kier alpha value is -5.02. The number of nitrogens with one attached hydrogen (secondary N) is 1. The largest absolute Gasteiger partial charge is 0.448 e. The Bertz CT molecular complexity index is 1760. The van der Waals surface area contributed by atoms with Gasteiger partial charge in [-0.25, -0.2) is 22.9 Å². The molecule has 2 saturated heterocycles. The maximum atomic E-state index is 15.1. The second kappa shape index (κ2) is 14.8. The molecule has 2 N–H and O–H groups in total. The smallest absolute Gasteiger partial charge is 0.409 e. The number of hydrogen-bond donors (Lipinski definition) is 2. The normalized spacial score (nSPS) is 20.3. The monoisotopic (exact) mass is 694 g/mol. The van der Waals surface area contributed by atoms with Crippen molar-refractivity contribution in [1.82, 2.24) is 29.6 Å². The van der Waals surface area contributed by atoms with Gasteiger partial charge in [-0.2, -0.15) is 0 Å². The number of rotatable bonds is 12. The first-order valence-electron chi connectivity index (χ1n) is 16.3. The van der Waals surface area contributed by atoms with Crippen LogP contribution in [0.25, 0.3) is 11.3 Å². The summed E-state index contributed by atoms with van der Waals surface area (Å²) in [5.74, 6) is -3.90. The molecule has 6 rings (SSSR count). The summed E-state index contributed by atoms with van der Waals surface area (Å²) in [6.07, 6.45) is 0.390. The lowest BCUT2D eigenvalue weighted by atomic mass is 9.88. The number of hydrogen-bond acceptors (Lipinski definition) is 8. The molecule has 1 aromatic heterocycles. The van der Waals surface area contributed by atoms with Crippen LogP contribution >= 0.6 is 0 Å². The van der Waals surface area contributed by atoms with Crippen LogP contribution in [0.4, 0.5) is 18.0 Å². The van der Waals surface area contributed by atoms with Gasteiger partial charge in [0, 0.05) is 75.0 Å². The van der Waals surface area contributed by atoms with Crippen LogP contribution in [0.2, 0.25) is 0 Å². The van der Waals surface area contributed by atoms with E-state index in [2.05, 4.69) is 5.32 Å². The second-order valence-electron chi connectivity index (χ2n) is 12.7. The summed E-state index contributed by atoms with van der Waals surface area (Å²) >= 11 is 0. The van der Waals surface area contributed by atoms with Crippen LogP contribution in [0.15, 0.2) is 66.9 Å². The van der Waals surface area contributed by atoms with E-state index in [-0.39, 0.29) is 69.5 Å². The molecule has 15 heteroatoms. The van der Waals surface area contributed by atoms with Crippen molar-refractivity contribution < 1.29 is 42.2 Å². The molecule has 4 atom stereocenters. The fourth-order valence-electron chi connectivity index (χ4n) is 6.54. The molecule has 3 aliphatic heterocycles. The number of aliphatic hydroxyl groups excluding tert-OH is 1. The average molecular weight is 695 g/mol. The summed E-state index contributed by atoms with van der Waals surface area (Å²) in [4.78, 5) is 58.9. The fraction of sp³-hybridized carbons (Fsp3) is 0.400. The van der Waals surface area contributed by atoms with Gasteiger partial charge < -0.3 is 29.5 Å². The number of imide groups is 1. The Morgan fingerprint density at radius 3 is 2.46 bits per heavy atom. The van der Waals surface area contributed by atoms with E-state index in [4.69, 9.17) is 9.72 Å². The van der Waals surface area contributed by atoms with E-state index in [1.54, 1.807) is 10.8 Å². The Kier molecular flexibility index (Phi) is 10.3. The highest BCUT2D eigenvalue weighted by molar-refractivity contribution is 6.12. The van der Waals surface area contributed by atoms with Gasteiger partial charge in [-0.3, -0.25) is 19.3 Å². The lowest BCUT2D eigenvalue weighted by Crippen LogP contribution is -2.58. The van der Waals surface area contributed by atoms with Gasteiger partial charge in [-0.1, -0.05) is 30.3 Å². The Morgan fingerprint density at radius 1 is 1.08 bits per heavy atom. The number of carbonyl (C=O) groups excluding carboxylic acids is 4. The molecule has 0 bridgehead atoms. The van der Waals surface area contributed by atoms with Gasteiger partial charge in [0.15, 0.2) is 0 Å². The van der Waals surface area contributed by atoms with Gasteiger partial charge in [0.05, 0.1) is 18.3 Å². The lowest BCUT2D eigenvalue weighted by molar-refractivity contribution is -0.146. The number of benzene rings is 2. The third kappa shape index (κ3) is 7.43. The highest BCUT2D eigenvalue weighted by Gasteiger charge is 2.46. The number of carbonyl (C=O) groups is 4. The minimum Gasteiger partial charge on any atom is -0.448 e. The Morgan fingerprint density at radius 2 is 1.80 bits per heavy atom. The molecule has 4 heterocycles. The van der Waals surface area contributed by atoms with Gasteiger partial charge in [0.1, 0.15) is 36.3 Å². The first-order chi connectivity index (χ1) is 24.0. The van der Waals surface area contributed by atoms with Crippen molar-refractivity contribution >= 4 is 23.8 Å². The molecule has 0 radical (unpaired) electrons. The van der Waals surface area contributed by atoms with Crippen LogP contribution in [0, 0.1) is 23.5 Å². The zero-order chi connectivity index (χ0) is 35.5. The van der Waals surface area contributed by atoms with E-state index in [1.807, 2.05) is 30.3 Å². The average Bonchev–Trinajstić information content (AvgIpc) is 3.77. The molecular weight excluding hydrogens is 657 g/mol. The SMILES string of the molecule is C[C@H](O)C(=O)N(C[C@@H]1CNC[C@@H]1F)[C@@H](c1nc(-c2cc(F)ccc2F)cn1Cc1ccccc1)C1CN(C(=O)OCCN2C(=O)C=CC2=O)C1. The number of halogens is 3. The van der Waals surface area contributed by atoms with Gasteiger partial charge in [-0.05, 0) is 30.7 Å². The number of ether oxygens (including phenoxy) is 1. The van der Waals surface area contributed by atoms with Crippen LogP contribution in [-0.2, 0) is 25.7 Å². The first kappa shape index (κ1) is 34.8. The van der Waals surface area contributed by atoms with E-state index < -0.39 is 65.6 Å². The fourth-order valence-corrected chi connectivity index (χ4v) is 6.54. The number of amides is 4. The maximum absolute atomic E-state index is 15.1.